The molecule has 0 aromatic heterocycles. The molecule has 0 radical (unpaired) electrons. The van der Waals surface area contributed by atoms with E-state index in [1.165, 1.54) is 0 Å². The molecule has 0 saturated carbocycles. The van der Waals surface area contributed by atoms with Crippen molar-refractivity contribution in [3.05, 3.63) is 57.1 Å². The zero-order chi connectivity index (χ0) is 17.7. The van der Waals surface area contributed by atoms with E-state index < -0.39 is 0 Å². The van der Waals surface area contributed by atoms with E-state index in [1.54, 1.807) is 37.4 Å². The Balaban J connectivity index is 2.45. The number of ether oxygens (including phenoxy) is 2. The van der Waals surface area contributed by atoms with E-state index in [9.17, 15) is 4.79 Å². The summed E-state index contributed by atoms with van der Waals surface area (Å²) in [5.41, 5.74) is 1.57. The zero-order valence-corrected chi connectivity index (χ0v) is 15.5. The summed E-state index contributed by atoms with van der Waals surface area (Å²) >= 11 is 12.3. The molecular weight excluding hydrogens is 347 g/mol. The Bertz CT molecular complexity index is 721. The van der Waals surface area contributed by atoms with E-state index in [0.717, 1.165) is 18.4 Å². The lowest BCUT2D eigenvalue weighted by atomic mass is 9.98. The fraction of sp³-hybridized carbons (Fsp3) is 0.316. The minimum Gasteiger partial charge on any atom is -0.493 e. The van der Waals surface area contributed by atoms with Crippen molar-refractivity contribution in [3.63, 3.8) is 0 Å². The maximum atomic E-state index is 12.9. The van der Waals surface area contributed by atoms with Crippen LogP contribution in [0.2, 0.25) is 10.0 Å². The Morgan fingerprint density at radius 3 is 2.38 bits per heavy atom. The summed E-state index contributed by atoms with van der Waals surface area (Å²) in [7, 11) is 1.58. The summed E-state index contributed by atoms with van der Waals surface area (Å²) in [6.45, 7) is 4.50. The molecule has 3 nitrogen and oxygen atoms in total. The van der Waals surface area contributed by atoms with E-state index in [4.69, 9.17) is 32.7 Å². The zero-order valence-electron chi connectivity index (χ0n) is 14.0. The van der Waals surface area contributed by atoms with Crippen molar-refractivity contribution in [1.29, 1.82) is 0 Å². The van der Waals surface area contributed by atoms with Crippen LogP contribution in [-0.2, 0) is 0 Å². The highest BCUT2D eigenvalue weighted by Gasteiger charge is 2.20. The first-order chi connectivity index (χ1) is 11.5. The molecule has 5 heteroatoms. The van der Waals surface area contributed by atoms with Crippen molar-refractivity contribution < 1.29 is 14.3 Å². The lowest BCUT2D eigenvalue weighted by Gasteiger charge is -2.15. The third-order valence-corrected chi connectivity index (χ3v) is 4.33. The Kier molecular flexibility index (Phi) is 6.52. The molecule has 0 bridgehead atoms. The van der Waals surface area contributed by atoms with Gasteiger partial charge < -0.3 is 9.47 Å². The first-order valence-electron chi connectivity index (χ1n) is 7.79. The van der Waals surface area contributed by atoms with Gasteiger partial charge in [-0.1, -0.05) is 42.6 Å². The summed E-state index contributed by atoms with van der Waals surface area (Å²) in [6.07, 6.45) is 1.95. The van der Waals surface area contributed by atoms with Crippen molar-refractivity contribution in [2.24, 2.45) is 0 Å². The third-order valence-electron chi connectivity index (χ3n) is 3.70. The number of ketones is 1. The first-order valence-corrected chi connectivity index (χ1v) is 8.55. The minimum atomic E-state index is -0.230. The second kappa shape index (κ2) is 8.41. The average molecular weight is 367 g/mol. The van der Waals surface area contributed by atoms with Gasteiger partial charge in [0.2, 0.25) is 0 Å². The fourth-order valence-electron chi connectivity index (χ4n) is 2.35. The third kappa shape index (κ3) is 4.03. The van der Waals surface area contributed by atoms with Crippen LogP contribution in [0.4, 0.5) is 0 Å². The molecule has 0 spiro atoms. The van der Waals surface area contributed by atoms with Gasteiger partial charge in [0.1, 0.15) is 0 Å². The molecule has 0 amide bonds. The average Bonchev–Trinajstić information content (AvgIpc) is 2.55. The van der Waals surface area contributed by atoms with Crippen LogP contribution < -0.4 is 9.47 Å². The van der Waals surface area contributed by atoms with Crippen LogP contribution in [0.25, 0.3) is 0 Å². The lowest BCUT2D eigenvalue weighted by molar-refractivity contribution is 0.103. The largest absolute Gasteiger partial charge is 0.493 e. The molecular formula is C19H20Cl2O3. The number of rotatable bonds is 7. The molecule has 2 aromatic carbocycles. The van der Waals surface area contributed by atoms with Crippen LogP contribution in [0.15, 0.2) is 30.3 Å². The number of carbonyl (C=O) groups excluding carboxylic acids is 1. The molecule has 2 aromatic rings. The molecule has 0 heterocycles. The summed E-state index contributed by atoms with van der Waals surface area (Å²) in [6, 6.07) is 8.50. The normalized spacial score (nSPS) is 10.5. The summed E-state index contributed by atoms with van der Waals surface area (Å²) in [4.78, 5) is 12.9. The Labute approximate surface area is 152 Å². The predicted octanol–water partition coefficient (Wildman–Crippen LogP) is 5.72. The molecule has 0 atom stereocenters. The smallest absolute Gasteiger partial charge is 0.196 e. The molecule has 0 N–H and O–H groups in total. The second-order valence-corrected chi connectivity index (χ2v) is 6.26. The van der Waals surface area contributed by atoms with Crippen LogP contribution in [-0.4, -0.2) is 19.5 Å². The van der Waals surface area contributed by atoms with Gasteiger partial charge in [0, 0.05) is 5.56 Å². The highest BCUT2D eigenvalue weighted by molar-refractivity contribution is 6.41. The van der Waals surface area contributed by atoms with Gasteiger partial charge in [-0.3, -0.25) is 4.79 Å². The first kappa shape index (κ1) is 18.6. The Hall–Kier alpha value is -1.71. The van der Waals surface area contributed by atoms with Crippen molar-refractivity contribution in [1.82, 2.24) is 0 Å². The van der Waals surface area contributed by atoms with Crippen molar-refractivity contribution in [3.8, 4) is 11.5 Å². The van der Waals surface area contributed by atoms with Gasteiger partial charge in [-0.05, 0) is 43.2 Å². The van der Waals surface area contributed by atoms with Gasteiger partial charge in [-0.25, -0.2) is 0 Å². The molecule has 0 aliphatic carbocycles. The topological polar surface area (TPSA) is 35.5 Å². The van der Waals surface area contributed by atoms with Gasteiger partial charge >= 0.3 is 0 Å². The minimum absolute atomic E-state index is 0.230. The van der Waals surface area contributed by atoms with E-state index in [0.29, 0.717) is 39.3 Å². The number of benzene rings is 2. The van der Waals surface area contributed by atoms with Crippen molar-refractivity contribution in [2.45, 2.75) is 26.7 Å². The number of aryl methyl sites for hydroxylation is 1. The number of methoxy groups -OCH3 is 1. The van der Waals surface area contributed by atoms with E-state index >= 15 is 0 Å². The SMILES string of the molecule is CCCCOc1cc(C(=O)c2c(Cl)cccc2Cl)c(C)cc1OC. The molecule has 24 heavy (non-hydrogen) atoms. The maximum Gasteiger partial charge on any atom is 0.196 e. The van der Waals surface area contributed by atoms with Gasteiger partial charge in [0.15, 0.2) is 17.3 Å². The molecule has 0 aliphatic rings. The predicted molar refractivity (Wildman–Crippen MR) is 98.0 cm³/mol. The van der Waals surface area contributed by atoms with E-state index in [-0.39, 0.29) is 5.78 Å². The summed E-state index contributed by atoms with van der Waals surface area (Å²) < 4.78 is 11.1. The molecule has 0 saturated heterocycles. The van der Waals surface area contributed by atoms with Gasteiger partial charge in [-0.2, -0.15) is 0 Å². The number of halogens is 2. The molecule has 0 fully saturated rings. The highest BCUT2D eigenvalue weighted by atomic mass is 35.5. The van der Waals surface area contributed by atoms with Gasteiger partial charge in [0.05, 0.1) is 29.3 Å². The Morgan fingerprint density at radius 2 is 1.79 bits per heavy atom. The van der Waals surface area contributed by atoms with E-state index in [1.807, 2.05) is 6.92 Å². The maximum absolute atomic E-state index is 12.9. The molecule has 0 aliphatic heterocycles. The fourth-order valence-corrected chi connectivity index (χ4v) is 2.92. The number of carbonyl (C=O) groups is 1. The van der Waals surface area contributed by atoms with Crippen LogP contribution in [0.1, 0.15) is 41.3 Å². The lowest BCUT2D eigenvalue weighted by Crippen LogP contribution is -2.08. The van der Waals surface area contributed by atoms with Crippen LogP contribution >= 0.6 is 23.2 Å². The highest BCUT2D eigenvalue weighted by Crippen LogP contribution is 2.34. The second-order valence-electron chi connectivity index (χ2n) is 5.45. The van der Waals surface area contributed by atoms with E-state index in [2.05, 4.69) is 6.92 Å². The number of hydrogen-bond donors (Lipinski definition) is 0. The number of hydrogen-bond acceptors (Lipinski definition) is 3. The quantitative estimate of drug-likeness (QED) is 0.464. The standard InChI is InChI=1S/C19H20Cl2O3/c1-4-5-9-24-17-11-13(12(2)10-16(17)23-3)19(22)18-14(20)7-6-8-15(18)21/h6-8,10-11H,4-5,9H2,1-3H3. The van der Waals surface area contributed by atoms with Crippen LogP contribution in [0.3, 0.4) is 0 Å². The van der Waals surface area contributed by atoms with Gasteiger partial charge in [-0.15, -0.1) is 0 Å². The van der Waals surface area contributed by atoms with Crippen LogP contribution in [0, 0.1) is 6.92 Å². The van der Waals surface area contributed by atoms with Crippen LogP contribution in [0.5, 0.6) is 11.5 Å². The molecule has 2 rings (SSSR count). The Morgan fingerprint density at radius 1 is 1.12 bits per heavy atom. The number of unbranched alkanes of at least 4 members (excludes halogenated alkanes) is 1. The molecule has 128 valence electrons. The summed E-state index contributed by atoms with van der Waals surface area (Å²) in [5, 5.41) is 0.660. The monoisotopic (exact) mass is 366 g/mol. The molecule has 0 unspecified atom stereocenters. The summed E-state index contributed by atoms with van der Waals surface area (Å²) in [5.74, 6) is 0.916. The van der Waals surface area contributed by atoms with Gasteiger partial charge in [0.25, 0.3) is 0 Å². The van der Waals surface area contributed by atoms with Crippen molar-refractivity contribution in [2.75, 3.05) is 13.7 Å². The van der Waals surface area contributed by atoms with Crippen molar-refractivity contribution >= 4 is 29.0 Å².